The summed E-state index contributed by atoms with van der Waals surface area (Å²) in [5.74, 6) is 2.01. The van der Waals surface area contributed by atoms with Gasteiger partial charge in [0.25, 0.3) is 0 Å². The Morgan fingerprint density at radius 3 is 3.00 bits per heavy atom. The monoisotopic (exact) mass is 281 g/mol. The Balaban J connectivity index is 1.81. The Kier molecular flexibility index (Phi) is 3.27. The van der Waals surface area contributed by atoms with Gasteiger partial charge in [-0.1, -0.05) is 29.8 Å². The van der Waals surface area contributed by atoms with Gasteiger partial charge in [-0.2, -0.15) is 0 Å². The number of thioether (sulfide) groups is 2. The second-order valence-corrected chi connectivity index (χ2v) is 6.57. The van der Waals surface area contributed by atoms with E-state index in [1.807, 2.05) is 47.9 Å². The third-order valence-corrected chi connectivity index (χ3v) is 5.82. The molecule has 17 heavy (non-hydrogen) atoms. The van der Waals surface area contributed by atoms with Crippen LogP contribution in [0.15, 0.2) is 46.7 Å². The van der Waals surface area contributed by atoms with Crippen LogP contribution in [0.1, 0.15) is 10.8 Å². The molecule has 2 nitrogen and oxygen atoms in total. The molecule has 87 valence electrons. The summed E-state index contributed by atoms with van der Waals surface area (Å²) < 4.78 is 1.25. The summed E-state index contributed by atoms with van der Waals surface area (Å²) >= 11 is 9.90. The Hall–Kier alpha value is -0.710. The van der Waals surface area contributed by atoms with E-state index in [-0.39, 0.29) is 0 Å². The fourth-order valence-corrected chi connectivity index (χ4v) is 4.92. The zero-order valence-electron chi connectivity index (χ0n) is 8.89. The number of hydrogen-bond donors (Lipinski definition) is 1. The van der Waals surface area contributed by atoms with Crippen LogP contribution in [0.5, 0.6) is 0 Å². The predicted octanol–water partition coefficient (Wildman–Crippen LogP) is 3.67. The first-order chi connectivity index (χ1) is 8.34. The van der Waals surface area contributed by atoms with Crippen LogP contribution in [0.4, 0.5) is 0 Å². The molecule has 0 aromatic heterocycles. The fraction of sp³-hybridized carbons (Fsp3) is 0.167. The van der Waals surface area contributed by atoms with Crippen molar-refractivity contribution in [1.82, 2.24) is 10.6 Å². The lowest BCUT2D eigenvalue weighted by Gasteiger charge is -2.09. The minimum Gasteiger partial charge on any atom is -0.344 e. The van der Waals surface area contributed by atoms with Crippen molar-refractivity contribution in [2.24, 2.45) is 0 Å². The molecule has 1 unspecified atom stereocenters. The van der Waals surface area contributed by atoms with Gasteiger partial charge in [0.05, 0.1) is 4.24 Å². The average Bonchev–Trinajstić information content (AvgIpc) is 3.00. The lowest BCUT2D eigenvalue weighted by molar-refractivity contribution is 0.979. The Bertz CT molecular complexity index is 489. The maximum atomic E-state index is 6.22. The summed E-state index contributed by atoms with van der Waals surface area (Å²) in [6.45, 7) is 0. The first-order valence-corrected chi connectivity index (χ1v) is 7.49. The van der Waals surface area contributed by atoms with Gasteiger partial charge in [0.15, 0.2) is 0 Å². The molecule has 1 fully saturated rings. The number of nitrogens with zero attached hydrogens (tertiary/aromatic N) is 1. The summed E-state index contributed by atoms with van der Waals surface area (Å²) in [7, 11) is 0. The highest BCUT2D eigenvalue weighted by molar-refractivity contribution is 8.25. The van der Waals surface area contributed by atoms with Gasteiger partial charge >= 0.3 is 0 Å². The van der Waals surface area contributed by atoms with Gasteiger partial charge in [-0.25, -0.2) is 5.32 Å². The number of halogens is 1. The fourth-order valence-electron chi connectivity index (χ4n) is 1.74. The summed E-state index contributed by atoms with van der Waals surface area (Å²) in [6.07, 6.45) is 3.64. The molecule has 1 radical (unpaired) electrons. The van der Waals surface area contributed by atoms with Crippen molar-refractivity contribution in [3.63, 3.8) is 0 Å². The molecule has 2 aliphatic heterocycles. The van der Waals surface area contributed by atoms with Crippen molar-refractivity contribution in [1.29, 1.82) is 0 Å². The highest BCUT2D eigenvalue weighted by Gasteiger charge is 2.27. The highest BCUT2D eigenvalue weighted by Crippen LogP contribution is 2.52. The van der Waals surface area contributed by atoms with E-state index >= 15 is 0 Å². The first-order valence-electron chi connectivity index (χ1n) is 5.25. The number of benzene rings is 1. The van der Waals surface area contributed by atoms with Crippen LogP contribution in [-0.4, -0.2) is 5.75 Å². The van der Waals surface area contributed by atoms with Gasteiger partial charge in [-0.15, -0.1) is 23.5 Å². The molecule has 3 rings (SSSR count). The minimum absolute atomic E-state index is 0.425. The Labute approximate surface area is 114 Å². The molecule has 2 aliphatic rings. The maximum absolute atomic E-state index is 6.22. The van der Waals surface area contributed by atoms with Crippen LogP contribution in [-0.2, 0) is 0 Å². The van der Waals surface area contributed by atoms with Crippen LogP contribution in [0, 0.1) is 0 Å². The van der Waals surface area contributed by atoms with Gasteiger partial charge < -0.3 is 5.32 Å². The maximum Gasteiger partial charge on any atom is 0.150 e. The molecule has 0 spiro atoms. The van der Waals surface area contributed by atoms with Gasteiger partial charge in [-0.05, 0) is 11.6 Å². The molecule has 2 heterocycles. The van der Waals surface area contributed by atoms with Crippen molar-refractivity contribution in [2.45, 2.75) is 5.25 Å². The van der Waals surface area contributed by atoms with Crippen molar-refractivity contribution < 1.29 is 0 Å². The van der Waals surface area contributed by atoms with E-state index in [4.69, 9.17) is 11.6 Å². The molecule has 0 amide bonds. The van der Waals surface area contributed by atoms with Crippen LogP contribution >= 0.6 is 35.1 Å². The SMILES string of the molecule is Clc1ccccc1C1CS/C(=C2/[N]C=CN2)S1. The van der Waals surface area contributed by atoms with E-state index in [0.717, 1.165) is 16.6 Å². The largest absolute Gasteiger partial charge is 0.344 e. The second-order valence-electron chi connectivity index (χ2n) is 3.66. The molecular formula is C12H10ClN2S2. The Morgan fingerprint density at radius 2 is 2.24 bits per heavy atom. The standard InChI is InChI=1S/C12H10ClN2S2/c13-9-4-2-1-3-8(9)10-7-16-12(17-10)11-14-5-6-15-11/h1-6,10,14H,7H2/b12-11-. The van der Waals surface area contributed by atoms with E-state index in [9.17, 15) is 0 Å². The van der Waals surface area contributed by atoms with E-state index in [0.29, 0.717) is 5.25 Å². The molecular weight excluding hydrogens is 272 g/mol. The topological polar surface area (TPSA) is 26.1 Å². The zero-order chi connectivity index (χ0) is 11.7. The molecule has 1 aromatic carbocycles. The molecule has 1 aromatic rings. The van der Waals surface area contributed by atoms with Crippen molar-refractivity contribution in [3.05, 3.63) is 57.3 Å². The lowest BCUT2D eigenvalue weighted by Crippen LogP contribution is -2.05. The van der Waals surface area contributed by atoms with Gasteiger partial charge in [0.1, 0.15) is 5.82 Å². The third-order valence-electron chi connectivity index (χ3n) is 2.56. The van der Waals surface area contributed by atoms with E-state index in [2.05, 4.69) is 16.7 Å². The molecule has 1 atom stereocenters. The number of rotatable bonds is 1. The molecule has 1 saturated heterocycles. The normalized spacial score (nSPS) is 27.0. The van der Waals surface area contributed by atoms with E-state index < -0.39 is 0 Å². The van der Waals surface area contributed by atoms with Gasteiger partial charge in [0, 0.05) is 28.4 Å². The van der Waals surface area contributed by atoms with Crippen molar-refractivity contribution in [3.8, 4) is 0 Å². The summed E-state index contributed by atoms with van der Waals surface area (Å²) in [5.41, 5.74) is 1.22. The van der Waals surface area contributed by atoms with Crippen LogP contribution in [0.2, 0.25) is 5.02 Å². The van der Waals surface area contributed by atoms with Crippen molar-refractivity contribution in [2.75, 3.05) is 5.75 Å². The molecule has 1 N–H and O–H groups in total. The molecule has 5 heteroatoms. The number of hydrogen-bond acceptors (Lipinski definition) is 3. The lowest BCUT2D eigenvalue weighted by atomic mass is 10.2. The summed E-state index contributed by atoms with van der Waals surface area (Å²) in [5, 5.41) is 8.70. The smallest absolute Gasteiger partial charge is 0.150 e. The van der Waals surface area contributed by atoms with Gasteiger partial charge in [-0.3, -0.25) is 0 Å². The van der Waals surface area contributed by atoms with Crippen LogP contribution in [0.3, 0.4) is 0 Å². The Morgan fingerprint density at radius 1 is 1.35 bits per heavy atom. The summed E-state index contributed by atoms with van der Waals surface area (Å²) in [6, 6.07) is 8.06. The van der Waals surface area contributed by atoms with E-state index in [1.54, 1.807) is 6.20 Å². The molecule has 0 aliphatic carbocycles. The van der Waals surface area contributed by atoms with Crippen LogP contribution < -0.4 is 10.6 Å². The average molecular weight is 282 g/mol. The van der Waals surface area contributed by atoms with E-state index in [1.165, 1.54) is 9.80 Å². The first kappa shape index (κ1) is 11.4. The molecule has 0 saturated carbocycles. The van der Waals surface area contributed by atoms with Crippen molar-refractivity contribution >= 4 is 35.1 Å². The third kappa shape index (κ3) is 2.30. The zero-order valence-corrected chi connectivity index (χ0v) is 11.3. The number of nitrogens with one attached hydrogen (secondary N) is 1. The van der Waals surface area contributed by atoms with Crippen LogP contribution in [0.25, 0.3) is 0 Å². The minimum atomic E-state index is 0.425. The summed E-state index contributed by atoms with van der Waals surface area (Å²) in [4.78, 5) is 0. The predicted molar refractivity (Wildman–Crippen MR) is 75.7 cm³/mol. The second kappa shape index (κ2) is 4.88. The van der Waals surface area contributed by atoms with Gasteiger partial charge in [0.2, 0.25) is 0 Å². The molecule has 0 bridgehead atoms. The highest BCUT2D eigenvalue weighted by atomic mass is 35.5. The quantitative estimate of drug-likeness (QED) is 0.851.